The molecule has 8 heteroatoms. The number of carbonyl (C=O) groups excluding carboxylic acids is 1. The number of aromatic nitrogens is 1. The summed E-state index contributed by atoms with van der Waals surface area (Å²) in [6.07, 6.45) is 1.69. The monoisotopic (exact) mass is 423 g/mol. The zero-order chi connectivity index (χ0) is 21.5. The van der Waals surface area contributed by atoms with Crippen LogP contribution in [0.25, 0.3) is 17.3 Å². The Morgan fingerprint density at radius 2 is 1.93 bits per heavy atom. The summed E-state index contributed by atoms with van der Waals surface area (Å²) < 4.78 is 20.1. The molecule has 1 N–H and O–H groups in total. The second-order valence-corrected chi connectivity index (χ2v) is 7.21. The van der Waals surface area contributed by atoms with Crippen molar-refractivity contribution in [2.45, 2.75) is 0 Å². The number of rotatable bonds is 6. The maximum atomic E-state index is 13.4. The Labute approximate surface area is 175 Å². The lowest BCUT2D eigenvalue weighted by Crippen LogP contribution is -2.34. The fraction of sp³-hybridized carbons (Fsp3) is 0.136. The summed E-state index contributed by atoms with van der Waals surface area (Å²) in [7, 11) is 1.50. The topological polar surface area (TPSA) is 84.1 Å². The third-order valence-corrected chi connectivity index (χ3v) is 5.24. The van der Waals surface area contributed by atoms with Crippen LogP contribution in [0.5, 0.6) is 0 Å². The molecule has 3 aromatic rings. The molecule has 1 aromatic heterocycles. The first-order chi connectivity index (χ1) is 14.5. The average Bonchev–Trinajstić information content (AvgIpc) is 3.06. The van der Waals surface area contributed by atoms with Crippen molar-refractivity contribution in [3.63, 3.8) is 0 Å². The molecule has 0 bridgehead atoms. The highest BCUT2D eigenvalue weighted by Gasteiger charge is 2.16. The van der Waals surface area contributed by atoms with Crippen LogP contribution in [0.3, 0.4) is 0 Å². The minimum atomic E-state index is -0.613. The molecule has 6 nitrogen and oxygen atoms in total. The van der Waals surface area contributed by atoms with Gasteiger partial charge in [0.2, 0.25) is 0 Å². The van der Waals surface area contributed by atoms with Crippen molar-refractivity contribution < 1.29 is 13.9 Å². The highest BCUT2D eigenvalue weighted by Crippen LogP contribution is 2.06. The van der Waals surface area contributed by atoms with Crippen molar-refractivity contribution in [3.8, 4) is 11.8 Å². The third-order valence-electron chi connectivity index (χ3n) is 4.15. The predicted molar refractivity (Wildman–Crippen MR) is 113 cm³/mol. The fourth-order valence-corrected chi connectivity index (χ4v) is 3.83. The van der Waals surface area contributed by atoms with Crippen molar-refractivity contribution in [2.75, 3.05) is 20.3 Å². The van der Waals surface area contributed by atoms with Gasteiger partial charge in [0.15, 0.2) is 5.57 Å². The Balaban J connectivity index is 2.27. The van der Waals surface area contributed by atoms with E-state index in [4.69, 9.17) is 4.74 Å². The number of hydrogen-bond donors (Lipinski definition) is 1. The highest BCUT2D eigenvalue weighted by molar-refractivity contribution is 7.07. The van der Waals surface area contributed by atoms with Crippen molar-refractivity contribution in [3.05, 3.63) is 85.5 Å². The van der Waals surface area contributed by atoms with Crippen LogP contribution in [-0.2, 0) is 9.53 Å². The first kappa shape index (κ1) is 21.2. The zero-order valence-corrected chi connectivity index (χ0v) is 16.9. The lowest BCUT2D eigenvalue weighted by Gasteiger charge is -2.05. The van der Waals surface area contributed by atoms with Gasteiger partial charge in [0, 0.05) is 13.7 Å². The minimum Gasteiger partial charge on any atom is -0.383 e. The van der Waals surface area contributed by atoms with Crippen molar-refractivity contribution in [2.24, 2.45) is 0 Å². The Morgan fingerprint density at radius 3 is 2.57 bits per heavy atom. The summed E-state index contributed by atoms with van der Waals surface area (Å²) in [6.45, 7) is 0.502. The Kier molecular flexibility index (Phi) is 6.91. The highest BCUT2D eigenvalue weighted by atomic mass is 32.1. The van der Waals surface area contributed by atoms with Crippen molar-refractivity contribution >= 4 is 28.9 Å². The van der Waals surface area contributed by atoms with Crippen molar-refractivity contribution in [1.29, 1.82) is 5.26 Å². The Morgan fingerprint density at radius 1 is 1.23 bits per heavy atom. The second kappa shape index (κ2) is 9.78. The van der Waals surface area contributed by atoms with Gasteiger partial charge in [-0.25, -0.2) is 4.39 Å². The molecule has 0 fully saturated rings. The molecule has 0 aliphatic rings. The molecular weight excluding hydrogens is 405 g/mol. The van der Waals surface area contributed by atoms with Gasteiger partial charge in [-0.15, -0.1) is 11.3 Å². The van der Waals surface area contributed by atoms with E-state index in [-0.39, 0.29) is 23.4 Å². The van der Waals surface area contributed by atoms with Gasteiger partial charge in [-0.05, 0) is 35.9 Å². The molecule has 0 unspecified atom stereocenters. The Bertz CT molecular complexity index is 1260. The molecule has 2 aromatic carbocycles. The molecule has 30 heavy (non-hydrogen) atoms. The van der Waals surface area contributed by atoms with Crippen molar-refractivity contribution in [1.82, 2.24) is 9.88 Å². The molecule has 0 atom stereocenters. The van der Waals surface area contributed by atoms with Crippen LogP contribution in [-0.4, -0.2) is 30.7 Å². The molecule has 0 spiro atoms. The maximum Gasteiger partial charge on any atom is 0.273 e. The smallest absolute Gasteiger partial charge is 0.273 e. The SMILES string of the molecule is COCCNC(=O)/C(C#N)=c1\s/c(=C\c2ccccc2)c(=O)n1-c1ccc(F)cc1. The minimum absolute atomic E-state index is 0.172. The molecule has 3 rings (SSSR count). The molecule has 1 amide bonds. The van der Waals surface area contributed by atoms with E-state index in [1.54, 1.807) is 6.08 Å². The quantitative estimate of drug-likeness (QED) is 0.606. The van der Waals surface area contributed by atoms with E-state index in [2.05, 4.69) is 5.32 Å². The molecule has 0 radical (unpaired) electrons. The third kappa shape index (κ3) is 4.71. The lowest BCUT2D eigenvalue weighted by molar-refractivity contribution is -0.115. The van der Waals surface area contributed by atoms with Gasteiger partial charge in [0.1, 0.15) is 16.5 Å². The predicted octanol–water partition coefficient (Wildman–Crippen LogP) is 1.30. The summed E-state index contributed by atoms with van der Waals surface area (Å²) in [6, 6.07) is 16.4. The van der Waals surface area contributed by atoms with Crippen LogP contribution in [0.2, 0.25) is 0 Å². The number of amides is 1. The molecule has 152 valence electrons. The number of nitrogens with zero attached hydrogens (tertiary/aromatic N) is 2. The molecule has 0 saturated carbocycles. The zero-order valence-electron chi connectivity index (χ0n) is 16.1. The van der Waals surface area contributed by atoms with Gasteiger partial charge in [0.25, 0.3) is 11.5 Å². The van der Waals surface area contributed by atoms with Gasteiger partial charge < -0.3 is 10.1 Å². The Hall–Kier alpha value is -3.54. The van der Waals surface area contributed by atoms with E-state index in [9.17, 15) is 19.2 Å². The van der Waals surface area contributed by atoms with E-state index in [0.29, 0.717) is 10.2 Å². The number of carbonyl (C=O) groups is 1. The fourth-order valence-electron chi connectivity index (χ4n) is 2.73. The van der Waals surface area contributed by atoms with Gasteiger partial charge in [-0.1, -0.05) is 30.3 Å². The molecule has 1 heterocycles. The summed E-state index contributed by atoms with van der Waals surface area (Å²) in [5.74, 6) is -1.07. The van der Waals surface area contributed by atoms with Crippen LogP contribution in [0.15, 0.2) is 59.4 Å². The lowest BCUT2D eigenvalue weighted by atomic mass is 10.2. The average molecular weight is 423 g/mol. The van der Waals surface area contributed by atoms with Crippen LogP contribution >= 0.6 is 11.3 Å². The van der Waals surface area contributed by atoms with Gasteiger partial charge in [-0.2, -0.15) is 5.26 Å². The van der Waals surface area contributed by atoms with Crippen LogP contribution in [0.1, 0.15) is 5.56 Å². The van der Waals surface area contributed by atoms with Gasteiger partial charge in [0.05, 0.1) is 16.8 Å². The molecule has 0 aliphatic heterocycles. The number of benzene rings is 2. The van der Waals surface area contributed by atoms with E-state index in [1.807, 2.05) is 36.4 Å². The normalized spacial score (nSPS) is 12.4. The van der Waals surface area contributed by atoms with E-state index in [0.717, 1.165) is 16.9 Å². The first-order valence-electron chi connectivity index (χ1n) is 9.01. The van der Waals surface area contributed by atoms with Crippen LogP contribution in [0.4, 0.5) is 4.39 Å². The molecular formula is C22H18FN3O3S. The number of halogens is 1. The van der Waals surface area contributed by atoms with Gasteiger partial charge in [-0.3, -0.25) is 14.2 Å². The largest absolute Gasteiger partial charge is 0.383 e. The summed E-state index contributed by atoms with van der Waals surface area (Å²) in [5.41, 5.74) is 0.558. The van der Waals surface area contributed by atoms with Crippen LogP contribution < -0.4 is 20.1 Å². The number of hydrogen-bond acceptors (Lipinski definition) is 5. The molecule has 0 aliphatic carbocycles. The number of ether oxygens (including phenoxy) is 1. The standard InChI is InChI=1S/C22H18FN3O3S/c1-29-12-11-25-20(27)18(14-24)22-26(17-9-7-16(23)8-10-17)21(28)19(30-22)13-15-5-3-2-4-6-15/h2-10,13H,11-12H2,1H3,(H,25,27)/b19-13-,22-18-. The van der Waals surface area contributed by atoms with E-state index in [1.165, 1.54) is 35.9 Å². The van der Waals surface area contributed by atoms with Gasteiger partial charge >= 0.3 is 0 Å². The second-order valence-electron chi connectivity index (χ2n) is 6.18. The van der Waals surface area contributed by atoms with E-state index < -0.39 is 17.3 Å². The maximum absolute atomic E-state index is 13.4. The van der Waals surface area contributed by atoms with Crippen LogP contribution in [0, 0.1) is 17.1 Å². The van der Waals surface area contributed by atoms with E-state index >= 15 is 0 Å². The number of thiazole rings is 1. The summed E-state index contributed by atoms with van der Waals surface area (Å²) in [4.78, 5) is 25.7. The summed E-state index contributed by atoms with van der Waals surface area (Å²) in [5, 5.41) is 12.3. The first-order valence-corrected chi connectivity index (χ1v) is 9.83. The summed E-state index contributed by atoms with van der Waals surface area (Å²) >= 11 is 1.03. The number of methoxy groups -OCH3 is 1. The molecule has 0 saturated heterocycles. The number of nitrogens with one attached hydrogen (secondary N) is 1. The number of nitriles is 1.